The highest BCUT2D eigenvalue weighted by atomic mass is 35.5. The van der Waals surface area contributed by atoms with Crippen LogP contribution in [0.3, 0.4) is 0 Å². The van der Waals surface area contributed by atoms with Crippen molar-refractivity contribution in [2.75, 3.05) is 17.7 Å². The van der Waals surface area contributed by atoms with E-state index in [4.69, 9.17) is 16.3 Å². The number of anilines is 2. The highest BCUT2D eigenvalue weighted by Crippen LogP contribution is 2.37. The van der Waals surface area contributed by atoms with Crippen LogP contribution in [0.15, 0.2) is 42.5 Å². The van der Waals surface area contributed by atoms with Gasteiger partial charge in [0.25, 0.3) is 5.91 Å². The van der Waals surface area contributed by atoms with E-state index in [0.29, 0.717) is 27.0 Å². The van der Waals surface area contributed by atoms with Gasteiger partial charge in [0.2, 0.25) is 5.91 Å². The SMILES string of the molecule is COc1ccc2c(Cl)c(C(=O)Nc3ccc(NC(C)=O)cc3)sc2c1. The maximum absolute atomic E-state index is 12.5. The van der Waals surface area contributed by atoms with Crippen molar-refractivity contribution in [3.8, 4) is 5.75 Å². The Morgan fingerprint density at radius 2 is 1.68 bits per heavy atom. The number of thiophene rings is 1. The van der Waals surface area contributed by atoms with Crippen molar-refractivity contribution in [2.24, 2.45) is 0 Å². The van der Waals surface area contributed by atoms with E-state index >= 15 is 0 Å². The van der Waals surface area contributed by atoms with E-state index in [2.05, 4.69) is 10.6 Å². The monoisotopic (exact) mass is 374 g/mol. The summed E-state index contributed by atoms with van der Waals surface area (Å²) in [6.07, 6.45) is 0. The molecule has 0 aliphatic carbocycles. The molecule has 25 heavy (non-hydrogen) atoms. The third kappa shape index (κ3) is 3.75. The van der Waals surface area contributed by atoms with Crippen LogP contribution in [0.2, 0.25) is 5.02 Å². The lowest BCUT2D eigenvalue weighted by Crippen LogP contribution is -2.11. The highest BCUT2D eigenvalue weighted by Gasteiger charge is 2.17. The molecule has 0 aliphatic heterocycles. The topological polar surface area (TPSA) is 67.4 Å². The molecule has 1 aromatic heterocycles. The van der Waals surface area contributed by atoms with Gasteiger partial charge in [0.05, 0.1) is 12.1 Å². The van der Waals surface area contributed by atoms with E-state index in [0.717, 1.165) is 10.1 Å². The van der Waals surface area contributed by atoms with E-state index in [1.165, 1.54) is 18.3 Å². The summed E-state index contributed by atoms with van der Waals surface area (Å²) < 4.78 is 6.08. The molecule has 0 aliphatic rings. The second kappa shape index (κ2) is 7.13. The summed E-state index contributed by atoms with van der Waals surface area (Å²) in [5.41, 5.74) is 1.28. The Labute approximate surface area is 153 Å². The van der Waals surface area contributed by atoms with Gasteiger partial charge < -0.3 is 15.4 Å². The van der Waals surface area contributed by atoms with Gasteiger partial charge in [-0.25, -0.2) is 0 Å². The van der Waals surface area contributed by atoms with Gasteiger partial charge in [0, 0.05) is 28.4 Å². The lowest BCUT2D eigenvalue weighted by atomic mass is 10.2. The molecule has 128 valence electrons. The van der Waals surface area contributed by atoms with Crippen LogP contribution in [0.5, 0.6) is 5.75 Å². The lowest BCUT2D eigenvalue weighted by molar-refractivity contribution is -0.114. The molecule has 2 aromatic carbocycles. The number of rotatable bonds is 4. The van der Waals surface area contributed by atoms with Crippen LogP contribution in [-0.2, 0) is 4.79 Å². The number of carbonyl (C=O) groups excluding carboxylic acids is 2. The summed E-state index contributed by atoms with van der Waals surface area (Å²) in [5, 5.41) is 6.73. The third-order valence-corrected chi connectivity index (χ3v) is 5.16. The minimum Gasteiger partial charge on any atom is -0.497 e. The van der Waals surface area contributed by atoms with Gasteiger partial charge >= 0.3 is 0 Å². The fourth-order valence-electron chi connectivity index (χ4n) is 2.35. The van der Waals surface area contributed by atoms with Crippen LogP contribution in [0.4, 0.5) is 11.4 Å². The zero-order valence-corrected chi connectivity index (χ0v) is 15.1. The number of hydrogen-bond donors (Lipinski definition) is 2. The van der Waals surface area contributed by atoms with E-state index < -0.39 is 0 Å². The smallest absolute Gasteiger partial charge is 0.267 e. The Kier molecular flexibility index (Phi) is 4.92. The fraction of sp³-hybridized carbons (Fsp3) is 0.111. The van der Waals surface area contributed by atoms with Gasteiger partial charge in [0.1, 0.15) is 10.6 Å². The second-order valence-electron chi connectivity index (χ2n) is 5.32. The largest absolute Gasteiger partial charge is 0.497 e. The highest BCUT2D eigenvalue weighted by molar-refractivity contribution is 7.21. The standard InChI is InChI=1S/C18H15ClN2O3S/c1-10(22)20-11-3-5-12(6-4-11)21-18(23)17-16(19)14-8-7-13(24-2)9-15(14)25-17/h3-9H,1-2H3,(H,20,22)(H,21,23). The first-order valence-corrected chi connectivity index (χ1v) is 8.62. The Morgan fingerprint density at radius 1 is 1.04 bits per heavy atom. The zero-order chi connectivity index (χ0) is 18.0. The number of ether oxygens (including phenoxy) is 1. The number of methoxy groups -OCH3 is 1. The quantitative estimate of drug-likeness (QED) is 0.691. The van der Waals surface area contributed by atoms with Crippen molar-refractivity contribution in [3.05, 3.63) is 52.4 Å². The summed E-state index contributed by atoms with van der Waals surface area (Å²) in [4.78, 5) is 24.0. The second-order valence-corrected chi connectivity index (χ2v) is 6.75. The molecule has 0 saturated carbocycles. The summed E-state index contributed by atoms with van der Waals surface area (Å²) >= 11 is 7.67. The van der Waals surface area contributed by atoms with Gasteiger partial charge in [-0.2, -0.15) is 0 Å². The number of amides is 2. The van der Waals surface area contributed by atoms with E-state index in [1.54, 1.807) is 31.4 Å². The normalized spacial score (nSPS) is 10.5. The minimum absolute atomic E-state index is 0.149. The number of hydrogen-bond acceptors (Lipinski definition) is 4. The number of nitrogens with one attached hydrogen (secondary N) is 2. The zero-order valence-electron chi connectivity index (χ0n) is 13.6. The van der Waals surface area contributed by atoms with Crippen LogP contribution in [0.25, 0.3) is 10.1 Å². The first-order valence-electron chi connectivity index (χ1n) is 7.43. The number of halogens is 1. The molecule has 0 unspecified atom stereocenters. The molecule has 2 amide bonds. The number of benzene rings is 2. The molecule has 3 aromatic rings. The van der Waals surface area contributed by atoms with E-state index in [9.17, 15) is 9.59 Å². The fourth-order valence-corrected chi connectivity index (χ4v) is 3.79. The molecule has 1 heterocycles. The van der Waals surface area contributed by atoms with Crippen LogP contribution >= 0.6 is 22.9 Å². The summed E-state index contributed by atoms with van der Waals surface area (Å²) in [5.74, 6) is 0.285. The van der Waals surface area contributed by atoms with Gasteiger partial charge in [-0.05, 0) is 42.5 Å². The number of carbonyl (C=O) groups is 2. The molecule has 3 rings (SSSR count). The van der Waals surface area contributed by atoms with Crippen LogP contribution in [0, 0.1) is 0 Å². The Bertz CT molecular complexity index is 951. The molecule has 0 fully saturated rings. The molecule has 5 nitrogen and oxygen atoms in total. The van der Waals surface area contributed by atoms with E-state index in [-0.39, 0.29) is 11.8 Å². The molecular weight excluding hydrogens is 360 g/mol. The number of fused-ring (bicyclic) bond motifs is 1. The minimum atomic E-state index is -0.280. The van der Waals surface area contributed by atoms with Crippen molar-refractivity contribution in [1.29, 1.82) is 0 Å². The van der Waals surface area contributed by atoms with Gasteiger partial charge in [-0.15, -0.1) is 11.3 Å². The van der Waals surface area contributed by atoms with E-state index in [1.807, 2.05) is 18.2 Å². The molecule has 0 spiro atoms. The lowest BCUT2D eigenvalue weighted by Gasteiger charge is -2.06. The van der Waals surface area contributed by atoms with Crippen LogP contribution < -0.4 is 15.4 Å². The Balaban J connectivity index is 1.82. The molecule has 0 atom stereocenters. The maximum atomic E-state index is 12.5. The first kappa shape index (κ1) is 17.3. The average molecular weight is 375 g/mol. The molecule has 0 saturated heterocycles. The third-order valence-electron chi connectivity index (χ3n) is 3.51. The summed E-state index contributed by atoms with van der Waals surface area (Å²) in [7, 11) is 1.59. The van der Waals surface area contributed by atoms with Gasteiger partial charge in [-0.3, -0.25) is 9.59 Å². The van der Waals surface area contributed by atoms with Crippen molar-refractivity contribution < 1.29 is 14.3 Å². The Morgan fingerprint density at radius 3 is 2.28 bits per heavy atom. The van der Waals surface area contributed by atoms with Crippen LogP contribution in [0.1, 0.15) is 16.6 Å². The first-order chi connectivity index (χ1) is 12.0. The molecule has 0 bridgehead atoms. The molecule has 7 heteroatoms. The van der Waals surface area contributed by atoms with Crippen LogP contribution in [-0.4, -0.2) is 18.9 Å². The predicted octanol–water partition coefficient (Wildman–Crippen LogP) is 4.77. The molecule has 2 N–H and O–H groups in total. The summed E-state index contributed by atoms with van der Waals surface area (Å²) in [6, 6.07) is 12.4. The van der Waals surface area contributed by atoms with Crippen molar-refractivity contribution in [1.82, 2.24) is 0 Å². The van der Waals surface area contributed by atoms with Gasteiger partial charge in [0.15, 0.2) is 0 Å². The maximum Gasteiger partial charge on any atom is 0.267 e. The van der Waals surface area contributed by atoms with Crippen molar-refractivity contribution >= 4 is 56.2 Å². The molecule has 0 radical (unpaired) electrons. The summed E-state index contributed by atoms with van der Waals surface area (Å²) in [6.45, 7) is 1.44. The van der Waals surface area contributed by atoms with Gasteiger partial charge in [-0.1, -0.05) is 11.6 Å². The van der Waals surface area contributed by atoms with Crippen molar-refractivity contribution in [2.45, 2.75) is 6.92 Å². The van der Waals surface area contributed by atoms with Crippen molar-refractivity contribution in [3.63, 3.8) is 0 Å². The predicted molar refractivity (Wildman–Crippen MR) is 102 cm³/mol. The average Bonchev–Trinajstić information content (AvgIpc) is 2.92. The Hall–Kier alpha value is -2.57. The molecular formula is C18H15ClN2O3S.